The van der Waals surface area contributed by atoms with Crippen LogP contribution in [-0.4, -0.2) is 17.0 Å². The Morgan fingerprint density at radius 2 is 1.58 bits per heavy atom. The van der Waals surface area contributed by atoms with E-state index in [9.17, 15) is 9.90 Å². The first-order chi connectivity index (χ1) is 11.5. The van der Waals surface area contributed by atoms with Crippen molar-refractivity contribution in [1.82, 2.24) is 0 Å². The molecular formula is C22H34O2. The zero-order valence-corrected chi connectivity index (χ0v) is 15.3. The van der Waals surface area contributed by atoms with Crippen LogP contribution in [0.2, 0.25) is 0 Å². The van der Waals surface area contributed by atoms with Gasteiger partial charge < -0.3 is 5.11 Å². The van der Waals surface area contributed by atoms with Crippen LogP contribution >= 0.6 is 0 Å². The molecule has 7 atom stereocenters. The molecule has 0 heterocycles. The summed E-state index contributed by atoms with van der Waals surface area (Å²) in [6, 6.07) is 0. The molecule has 24 heavy (non-hydrogen) atoms. The van der Waals surface area contributed by atoms with Crippen molar-refractivity contribution >= 4 is 5.78 Å². The lowest BCUT2D eigenvalue weighted by Gasteiger charge is -2.58. The van der Waals surface area contributed by atoms with Crippen LogP contribution in [0.25, 0.3) is 0 Å². The minimum atomic E-state index is -0.0609. The number of aliphatic hydroxyl groups excluding tert-OH is 1. The normalized spacial score (nSPS) is 54.6. The van der Waals surface area contributed by atoms with Crippen LogP contribution in [-0.2, 0) is 4.79 Å². The van der Waals surface area contributed by atoms with Gasteiger partial charge in [0, 0.05) is 12.8 Å². The molecule has 5 saturated carbocycles. The highest BCUT2D eigenvalue weighted by Gasteiger charge is 2.61. The lowest BCUT2D eigenvalue weighted by Crippen LogP contribution is -2.52. The molecule has 5 fully saturated rings. The molecule has 1 N–H and O–H groups in total. The molecule has 3 unspecified atom stereocenters. The summed E-state index contributed by atoms with van der Waals surface area (Å²) in [6.45, 7) is 2.38. The zero-order valence-electron chi connectivity index (χ0n) is 15.3. The Hall–Kier alpha value is -0.370. The van der Waals surface area contributed by atoms with E-state index in [2.05, 4.69) is 6.92 Å². The lowest BCUT2D eigenvalue weighted by molar-refractivity contribution is -0.119. The summed E-state index contributed by atoms with van der Waals surface area (Å²) >= 11 is 0. The topological polar surface area (TPSA) is 37.3 Å². The summed E-state index contributed by atoms with van der Waals surface area (Å²) in [4.78, 5) is 12.2. The highest BCUT2D eigenvalue weighted by Crippen LogP contribution is 2.68. The second-order valence-corrected chi connectivity index (χ2v) is 10.3. The number of fused-ring (bicyclic) bond motifs is 5. The fourth-order valence-electron chi connectivity index (χ4n) is 8.25. The van der Waals surface area contributed by atoms with Crippen molar-refractivity contribution < 1.29 is 9.90 Å². The molecule has 5 rings (SSSR count). The molecule has 5 aliphatic carbocycles. The average Bonchev–Trinajstić information content (AvgIpc) is 3.38. The predicted molar refractivity (Wildman–Crippen MR) is 94.4 cm³/mol. The van der Waals surface area contributed by atoms with Crippen molar-refractivity contribution in [1.29, 1.82) is 0 Å². The number of aliphatic hydroxyl groups is 1. The summed E-state index contributed by atoms with van der Waals surface area (Å²) in [7, 11) is 0. The van der Waals surface area contributed by atoms with Gasteiger partial charge in [-0.3, -0.25) is 4.79 Å². The third kappa shape index (κ3) is 2.07. The quantitative estimate of drug-likeness (QED) is 0.754. The summed E-state index contributed by atoms with van der Waals surface area (Å²) in [5.74, 6) is 4.74. The first kappa shape index (κ1) is 15.9. The molecule has 2 nitrogen and oxygen atoms in total. The van der Waals surface area contributed by atoms with E-state index in [0.29, 0.717) is 11.2 Å². The molecule has 0 saturated heterocycles. The summed E-state index contributed by atoms with van der Waals surface area (Å²) in [5.41, 5.74) is 0.722. The molecule has 5 aliphatic rings. The first-order valence-electron chi connectivity index (χ1n) is 10.7. The molecular weight excluding hydrogens is 296 g/mol. The average molecular weight is 331 g/mol. The second-order valence-electron chi connectivity index (χ2n) is 10.3. The van der Waals surface area contributed by atoms with Crippen LogP contribution in [0.1, 0.15) is 84.0 Å². The Balaban J connectivity index is 1.48. The predicted octanol–water partition coefficient (Wildman–Crippen LogP) is 4.74. The number of rotatable bonds is 1. The zero-order chi connectivity index (χ0) is 16.5. The maximum Gasteiger partial charge on any atom is 0.132 e. The Labute approximate surface area is 146 Å². The summed E-state index contributed by atoms with van der Waals surface area (Å²) in [5, 5.41) is 10.6. The van der Waals surface area contributed by atoms with Crippen LogP contribution in [0.5, 0.6) is 0 Å². The minimum Gasteiger partial charge on any atom is -0.393 e. The van der Waals surface area contributed by atoms with Gasteiger partial charge in [-0.25, -0.2) is 0 Å². The number of carbonyl (C=O) groups excluding carboxylic acids is 1. The van der Waals surface area contributed by atoms with Gasteiger partial charge >= 0.3 is 0 Å². The third-order valence-electron chi connectivity index (χ3n) is 9.63. The monoisotopic (exact) mass is 330 g/mol. The van der Waals surface area contributed by atoms with E-state index in [-0.39, 0.29) is 11.5 Å². The smallest absolute Gasteiger partial charge is 0.132 e. The number of ketones is 1. The van der Waals surface area contributed by atoms with Gasteiger partial charge in [-0.1, -0.05) is 6.92 Å². The van der Waals surface area contributed by atoms with E-state index in [1.807, 2.05) is 0 Å². The SMILES string of the molecule is C[C@]12CCC3C4CCC(=O)CC[C@@]4(C4CC4)CC[C@H]3C1CC[C@@H]2O. The van der Waals surface area contributed by atoms with E-state index in [0.717, 1.165) is 48.9 Å². The van der Waals surface area contributed by atoms with Crippen molar-refractivity contribution in [3.8, 4) is 0 Å². The van der Waals surface area contributed by atoms with Crippen LogP contribution in [0.4, 0.5) is 0 Å². The number of Topliss-reactive ketones (excluding diaryl/α,β-unsaturated/α-hetero) is 1. The maximum absolute atomic E-state index is 12.2. The van der Waals surface area contributed by atoms with Crippen molar-refractivity contribution in [2.45, 2.75) is 90.1 Å². The van der Waals surface area contributed by atoms with E-state index >= 15 is 0 Å². The molecule has 134 valence electrons. The molecule has 0 aromatic heterocycles. The first-order valence-corrected chi connectivity index (χ1v) is 10.7. The summed E-state index contributed by atoms with van der Waals surface area (Å²) in [6.07, 6.45) is 14.5. The van der Waals surface area contributed by atoms with Gasteiger partial charge in [-0.15, -0.1) is 0 Å². The van der Waals surface area contributed by atoms with Gasteiger partial charge in [0.05, 0.1) is 6.10 Å². The van der Waals surface area contributed by atoms with E-state index in [1.54, 1.807) is 0 Å². The summed E-state index contributed by atoms with van der Waals surface area (Å²) < 4.78 is 0. The highest BCUT2D eigenvalue weighted by atomic mass is 16.3. The molecule has 0 aliphatic heterocycles. The molecule has 0 spiro atoms. The molecule has 0 amide bonds. The molecule has 0 aromatic carbocycles. The number of hydrogen-bond donors (Lipinski definition) is 1. The molecule has 2 heteroatoms. The standard InChI is InChI=1S/C22H34O2/c1-21-11-9-17-16(18(21)6-7-20(21)24)10-13-22(14-2-3-14)12-8-15(23)4-5-19(17)22/h14,16-20,24H,2-13H2,1H3/t16-,17?,18?,19?,20+,21+,22+/m1/s1. The van der Waals surface area contributed by atoms with E-state index in [1.165, 1.54) is 57.8 Å². The van der Waals surface area contributed by atoms with Gasteiger partial charge in [0.2, 0.25) is 0 Å². The lowest BCUT2D eigenvalue weighted by atomic mass is 9.47. The van der Waals surface area contributed by atoms with Crippen LogP contribution < -0.4 is 0 Å². The van der Waals surface area contributed by atoms with Gasteiger partial charge in [0.15, 0.2) is 0 Å². The van der Waals surface area contributed by atoms with Gasteiger partial charge in [-0.2, -0.15) is 0 Å². The largest absolute Gasteiger partial charge is 0.393 e. The van der Waals surface area contributed by atoms with E-state index < -0.39 is 0 Å². The molecule has 0 aromatic rings. The third-order valence-corrected chi connectivity index (χ3v) is 9.63. The van der Waals surface area contributed by atoms with Crippen LogP contribution in [0, 0.1) is 40.4 Å². The number of hydrogen-bond acceptors (Lipinski definition) is 2. The van der Waals surface area contributed by atoms with Crippen molar-refractivity contribution in [3.05, 3.63) is 0 Å². The van der Waals surface area contributed by atoms with E-state index in [4.69, 9.17) is 0 Å². The Kier molecular flexibility index (Phi) is 3.51. The maximum atomic E-state index is 12.2. The van der Waals surface area contributed by atoms with Gasteiger partial charge in [-0.05, 0) is 105 Å². The van der Waals surface area contributed by atoms with Crippen molar-refractivity contribution in [2.24, 2.45) is 40.4 Å². The Bertz CT molecular complexity index is 538. The fourth-order valence-corrected chi connectivity index (χ4v) is 8.25. The van der Waals surface area contributed by atoms with Crippen molar-refractivity contribution in [2.75, 3.05) is 0 Å². The molecule has 0 bridgehead atoms. The van der Waals surface area contributed by atoms with Crippen LogP contribution in [0.3, 0.4) is 0 Å². The second kappa shape index (κ2) is 5.32. The highest BCUT2D eigenvalue weighted by molar-refractivity contribution is 5.78. The van der Waals surface area contributed by atoms with Gasteiger partial charge in [0.25, 0.3) is 0 Å². The minimum absolute atomic E-state index is 0.0609. The Morgan fingerprint density at radius 1 is 0.833 bits per heavy atom. The molecule has 0 radical (unpaired) electrons. The van der Waals surface area contributed by atoms with Gasteiger partial charge in [0.1, 0.15) is 5.78 Å². The number of carbonyl (C=O) groups is 1. The fraction of sp³-hybridized carbons (Fsp3) is 0.955. The van der Waals surface area contributed by atoms with Crippen LogP contribution in [0.15, 0.2) is 0 Å². The Morgan fingerprint density at radius 3 is 2.38 bits per heavy atom. The van der Waals surface area contributed by atoms with Crippen molar-refractivity contribution in [3.63, 3.8) is 0 Å².